The van der Waals surface area contributed by atoms with Crippen LogP contribution in [-0.2, 0) is 11.2 Å². The number of hydrogen-bond acceptors (Lipinski definition) is 5. The molecule has 3 rings (SSSR count). The molecule has 1 aliphatic heterocycles. The number of hydrogen-bond donors (Lipinski definition) is 2. The first-order valence-electron chi connectivity index (χ1n) is 8.39. The maximum Gasteiger partial charge on any atom is 0.264 e. The van der Waals surface area contributed by atoms with Gasteiger partial charge in [0.05, 0.1) is 16.1 Å². The number of nitriles is 1. The Bertz CT molecular complexity index is 1040. The maximum absolute atomic E-state index is 15.1. The highest BCUT2D eigenvalue weighted by Crippen LogP contribution is 2.36. The summed E-state index contributed by atoms with van der Waals surface area (Å²) in [6, 6.07) is 7.65. The van der Waals surface area contributed by atoms with Crippen molar-refractivity contribution in [2.75, 3.05) is 0 Å². The van der Waals surface area contributed by atoms with Crippen molar-refractivity contribution >= 4 is 27.7 Å². The first-order valence-corrected chi connectivity index (χ1v) is 9.18. The van der Waals surface area contributed by atoms with E-state index in [-0.39, 0.29) is 39.4 Å². The molecule has 1 atom stereocenters. The number of rotatable bonds is 5. The van der Waals surface area contributed by atoms with Crippen LogP contribution in [0.1, 0.15) is 30.0 Å². The highest BCUT2D eigenvalue weighted by atomic mass is 79.9. The quantitative estimate of drug-likeness (QED) is 0.692. The first-order chi connectivity index (χ1) is 13.8. The van der Waals surface area contributed by atoms with Crippen molar-refractivity contribution in [2.24, 2.45) is 5.10 Å². The second kappa shape index (κ2) is 8.53. The molecule has 0 aromatic heterocycles. The Hall–Kier alpha value is -3.06. The lowest BCUT2D eigenvalue weighted by atomic mass is 10.1. The third-order valence-electron chi connectivity index (χ3n) is 4.09. The fraction of sp³-hybridized carbons (Fsp3) is 0.211. The van der Waals surface area contributed by atoms with E-state index in [1.807, 2.05) is 0 Å². The smallest absolute Gasteiger partial charge is 0.264 e. The molecule has 2 N–H and O–H groups in total. The molecule has 0 spiro atoms. The summed E-state index contributed by atoms with van der Waals surface area (Å²) in [5.74, 6) is -0.984. The number of benzene rings is 2. The van der Waals surface area contributed by atoms with Crippen LogP contribution in [0.25, 0.3) is 0 Å². The molecule has 2 aromatic carbocycles. The molecule has 6 nitrogen and oxygen atoms in total. The minimum Gasteiger partial charge on any atom is -0.453 e. The van der Waals surface area contributed by atoms with Crippen LogP contribution in [0.15, 0.2) is 39.9 Å². The monoisotopic (exact) mass is 466 g/mol. The number of carbonyl (C=O) groups is 1. The molecule has 2 aromatic rings. The predicted molar refractivity (Wildman–Crippen MR) is 102 cm³/mol. The van der Waals surface area contributed by atoms with E-state index < -0.39 is 23.8 Å². The standard InChI is InChI=1S/C19H14BrF3N4O2/c1-9-19(28)27-26-15(25-9)7-11-2-3-14(20)17(16(11)21)29-13-5-10(8-24)4-12(6-13)18(22)23/h2-6,9,18H,7H2,1H3,(H,25,26)(H,27,28)/t9-/m1/s1. The lowest BCUT2D eigenvalue weighted by Gasteiger charge is -2.21. The minimum absolute atomic E-state index is 0.0315. The number of ether oxygens (including phenoxy) is 1. The summed E-state index contributed by atoms with van der Waals surface area (Å²) in [4.78, 5) is 11.4. The Kier molecular flexibility index (Phi) is 6.08. The van der Waals surface area contributed by atoms with Gasteiger partial charge in [0, 0.05) is 12.0 Å². The fourth-order valence-electron chi connectivity index (χ4n) is 2.63. The molecule has 150 valence electrons. The van der Waals surface area contributed by atoms with Gasteiger partial charge in [-0.15, -0.1) is 0 Å². The second-order valence-electron chi connectivity index (χ2n) is 6.23. The van der Waals surface area contributed by atoms with Crippen LogP contribution in [0.3, 0.4) is 0 Å². The van der Waals surface area contributed by atoms with Gasteiger partial charge < -0.3 is 10.1 Å². The van der Waals surface area contributed by atoms with Gasteiger partial charge in [-0.25, -0.2) is 18.6 Å². The van der Waals surface area contributed by atoms with Crippen molar-refractivity contribution in [3.63, 3.8) is 0 Å². The van der Waals surface area contributed by atoms with E-state index in [1.54, 1.807) is 19.1 Å². The lowest BCUT2D eigenvalue weighted by molar-refractivity contribution is -0.122. The molecule has 1 heterocycles. The maximum atomic E-state index is 15.1. The zero-order valence-electron chi connectivity index (χ0n) is 15.0. The Balaban J connectivity index is 1.91. The van der Waals surface area contributed by atoms with Crippen LogP contribution in [-0.4, -0.2) is 17.8 Å². The van der Waals surface area contributed by atoms with E-state index in [9.17, 15) is 13.6 Å². The Morgan fingerprint density at radius 3 is 2.76 bits per heavy atom. The number of nitrogens with one attached hydrogen (secondary N) is 2. The average Bonchev–Trinajstić information content (AvgIpc) is 2.69. The van der Waals surface area contributed by atoms with Gasteiger partial charge in [0.2, 0.25) is 0 Å². The molecule has 10 heteroatoms. The molecule has 0 aliphatic carbocycles. The van der Waals surface area contributed by atoms with E-state index >= 15 is 4.39 Å². The Morgan fingerprint density at radius 2 is 2.10 bits per heavy atom. The topological polar surface area (TPSA) is 86.5 Å². The molecule has 0 bridgehead atoms. The van der Waals surface area contributed by atoms with Gasteiger partial charge in [-0.1, -0.05) is 6.07 Å². The predicted octanol–water partition coefficient (Wildman–Crippen LogP) is 4.15. The molecular weight excluding hydrogens is 453 g/mol. The zero-order chi connectivity index (χ0) is 21.1. The SMILES string of the molecule is C[C@H]1NC(Cc2ccc(Br)c(Oc3cc(C#N)cc(C(F)F)c3)c2F)=NNC1=O. The van der Waals surface area contributed by atoms with Gasteiger partial charge in [0.15, 0.2) is 11.6 Å². The zero-order valence-corrected chi connectivity index (χ0v) is 16.6. The van der Waals surface area contributed by atoms with Crippen molar-refractivity contribution in [3.05, 3.63) is 57.3 Å². The summed E-state index contributed by atoms with van der Waals surface area (Å²) in [5.41, 5.74) is 2.11. The minimum atomic E-state index is -2.81. The molecule has 1 aliphatic rings. The van der Waals surface area contributed by atoms with Crippen LogP contribution < -0.4 is 15.5 Å². The van der Waals surface area contributed by atoms with Crippen LogP contribution in [0.2, 0.25) is 0 Å². The number of amidine groups is 1. The lowest BCUT2D eigenvalue weighted by Crippen LogP contribution is -2.49. The van der Waals surface area contributed by atoms with E-state index in [0.29, 0.717) is 5.84 Å². The first kappa shape index (κ1) is 20.7. The Labute approximate surface area is 172 Å². The number of nitrogens with zero attached hydrogens (tertiary/aromatic N) is 2. The van der Waals surface area contributed by atoms with E-state index in [0.717, 1.165) is 12.1 Å². The normalized spacial score (nSPS) is 16.0. The number of alkyl halides is 2. The summed E-state index contributed by atoms with van der Waals surface area (Å²) in [6.07, 6.45) is -2.77. The third kappa shape index (κ3) is 4.68. The van der Waals surface area contributed by atoms with Crippen molar-refractivity contribution < 1.29 is 22.7 Å². The van der Waals surface area contributed by atoms with Gasteiger partial charge in [-0.3, -0.25) is 4.79 Å². The fourth-order valence-corrected chi connectivity index (χ4v) is 3.02. The van der Waals surface area contributed by atoms with E-state index in [4.69, 9.17) is 10.00 Å². The van der Waals surface area contributed by atoms with Crippen LogP contribution >= 0.6 is 15.9 Å². The van der Waals surface area contributed by atoms with Gasteiger partial charge in [0.1, 0.15) is 17.6 Å². The number of hydrazone groups is 1. The van der Waals surface area contributed by atoms with Crippen LogP contribution in [0, 0.1) is 17.1 Å². The molecule has 0 unspecified atom stereocenters. The third-order valence-corrected chi connectivity index (χ3v) is 4.72. The highest BCUT2D eigenvalue weighted by Gasteiger charge is 2.22. The molecule has 0 radical (unpaired) electrons. The second-order valence-corrected chi connectivity index (χ2v) is 7.09. The molecule has 0 saturated carbocycles. The summed E-state index contributed by atoms with van der Waals surface area (Å²) in [7, 11) is 0. The molecule has 1 amide bonds. The number of halogens is 4. The average molecular weight is 467 g/mol. The van der Waals surface area contributed by atoms with Gasteiger partial charge in [-0.2, -0.15) is 10.4 Å². The number of carbonyl (C=O) groups excluding carboxylic acids is 1. The summed E-state index contributed by atoms with van der Waals surface area (Å²) < 4.78 is 46.9. The van der Waals surface area contributed by atoms with E-state index in [2.05, 4.69) is 31.8 Å². The highest BCUT2D eigenvalue weighted by molar-refractivity contribution is 9.10. The Morgan fingerprint density at radius 1 is 1.34 bits per heavy atom. The van der Waals surface area contributed by atoms with Crippen molar-refractivity contribution in [2.45, 2.75) is 25.8 Å². The summed E-state index contributed by atoms with van der Waals surface area (Å²) in [5, 5.41) is 15.7. The summed E-state index contributed by atoms with van der Waals surface area (Å²) >= 11 is 3.18. The summed E-state index contributed by atoms with van der Waals surface area (Å²) in [6.45, 7) is 1.64. The molecule has 29 heavy (non-hydrogen) atoms. The van der Waals surface area contributed by atoms with Crippen LogP contribution in [0.5, 0.6) is 11.5 Å². The van der Waals surface area contributed by atoms with Crippen LogP contribution in [0.4, 0.5) is 13.2 Å². The van der Waals surface area contributed by atoms with Crippen molar-refractivity contribution in [1.82, 2.24) is 10.7 Å². The molecule has 0 saturated heterocycles. The van der Waals surface area contributed by atoms with Crippen molar-refractivity contribution in [1.29, 1.82) is 5.26 Å². The van der Waals surface area contributed by atoms with Gasteiger partial charge in [0.25, 0.3) is 12.3 Å². The molecule has 0 fully saturated rings. The molecular formula is C19H14BrF3N4O2. The van der Waals surface area contributed by atoms with E-state index in [1.165, 1.54) is 12.1 Å². The van der Waals surface area contributed by atoms with Gasteiger partial charge in [-0.05, 0) is 52.7 Å². The van der Waals surface area contributed by atoms with Crippen molar-refractivity contribution in [3.8, 4) is 17.6 Å². The largest absolute Gasteiger partial charge is 0.453 e. The number of amides is 1. The van der Waals surface area contributed by atoms with Gasteiger partial charge >= 0.3 is 0 Å².